The first-order valence-electron chi connectivity index (χ1n) is 7.31. The van der Waals surface area contributed by atoms with Crippen LogP contribution in [-0.4, -0.2) is 26.2 Å². The van der Waals surface area contributed by atoms with E-state index in [2.05, 4.69) is 18.6 Å². The summed E-state index contributed by atoms with van der Waals surface area (Å²) in [4.78, 5) is 0.288. The molecular weight excluding hydrogens is 286 g/mol. The van der Waals surface area contributed by atoms with Gasteiger partial charge in [0.15, 0.2) is 0 Å². The summed E-state index contributed by atoms with van der Waals surface area (Å²) in [7, 11) is -3.50. The van der Waals surface area contributed by atoms with Gasteiger partial charge >= 0.3 is 0 Å². The Kier molecular flexibility index (Phi) is 5.19. The Bertz CT molecular complexity index is 590. The highest BCUT2D eigenvalue weighted by Gasteiger charge is 2.24. The molecule has 4 nitrogen and oxygen atoms in total. The molecule has 5 heteroatoms. The first-order chi connectivity index (χ1) is 9.90. The maximum absolute atomic E-state index is 12.3. The van der Waals surface area contributed by atoms with Crippen LogP contribution in [0.15, 0.2) is 41.3 Å². The van der Waals surface area contributed by atoms with Crippen LogP contribution < -0.4 is 4.72 Å². The molecule has 116 valence electrons. The van der Waals surface area contributed by atoms with Gasteiger partial charge < -0.3 is 5.11 Å². The summed E-state index contributed by atoms with van der Waals surface area (Å²) in [5, 5.41) is 9.07. The highest BCUT2D eigenvalue weighted by molar-refractivity contribution is 7.89. The molecule has 0 fully saturated rings. The van der Waals surface area contributed by atoms with E-state index in [4.69, 9.17) is 5.11 Å². The van der Waals surface area contributed by atoms with Crippen LogP contribution in [0, 0.1) is 11.8 Å². The molecule has 1 aliphatic rings. The predicted molar refractivity (Wildman–Crippen MR) is 83.4 cm³/mol. The fourth-order valence-corrected chi connectivity index (χ4v) is 3.74. The zero-order valence-corrected chi connectivity index (χ0v) is 13.3. The minimum atomic E-state index is -3.50. The number of aliphatic hydroxyl groups is 1. The summed E-state index contributed by atoms with van der Waals surface area (Å²) in [5.41, 5.74) is 1.14. The van der Waals surface area contributed by atoms with Gasteiger partial charge in [-0.2, -0.15) is 0 Å². The number of benzene rings is 1. The van der Waals surface area contributed by atoms with Gasteiger partial charge in [-0.3, -0.25) is 0 Å². The van der Waals surface area contributed by atoms with Crippen molar-refractivity contribution in [2.75, 3.05) is 6.61 Å². The van der Waals surface area contributed by atoms with E-state index in [1.165, 1.54) is 0 Å². The fourth-order valence-electron chi connectivity index (χ4n) is 2.54. The molecule has 1 aromatic carbocycles. The molecular formula is C16H23NO3S. The first-order valence-corrected chi connectivity index (χ1v) is 8.79. The van der Waals surface area contributed by atoms with E-state index >= 15 is 0 Å². The summed E-state index contributed by atoms with van der Waals surface area (Å²) in [6, 6.07) is 6.82. The van der Waals surface area contributed by atoms with E-state index < -0.39 is 10.0 Å². The second kappa shape index (κ2) is 6.73. The number of hydrogen-bond donors (Lipinski definition) is 2. The molecule has 1 aliphatic carbocycles. The van der Waals surface area contributed by atoms with Crippen LogP contribution in [0.25, 0.3) is 0 Å². The number of hydrogen-bond acceptors (Lipinski definition) is 3. The van der Waals surface area contributed by atoms with Crippen LogP contribution in [0.5, 0.6) is 0 Å². The maximum atomic E-state index is 12.3. The van der Waals surface area contributed by atoms with E-state index in [1.807, 2.05) is 24.3 Å². The smallest absolute Gasteiger partial charge is 0.241 e. The molecule has 21 heavy (non-hydrogen) atoms. The minimum Gasteiger partial charge on any atom is -0.396 e. The molecule has 0 spiro atoms. The van der Waals surface area contributed by atoms with Gasteiger partial charge in [-0.05, 0) is 36.5 Å². The van der Waals surface area contributed by atoms with Gasteiger partial charge in [-0.1, -0.05) is 38.1 Å². The van der Waals surface area contributed by atoms with Crippen molar-refractivity contribution >= 4 is 10.0 Å². The van der Waals surface area contributed by atoms with Gasteiger partial charge in [0.2, 0.25) is 10.0 Å². The topological polar surface area (TPSA) is 66.4 Å². The van der Waals surface area contributed by atoms with Gasteiger partial charge in [0.25, 0.3) is 0 Å². The second-order valence-corrected chi connectivity index (χ2v) is 7.75. The van der Waals surface area contributed by atoms with E-state index in [9.17, 15) is 8.42 Å². The van der Waals surface area contributed by atoms with Crippen LogP contribution >= 0.6 is 0 Å². The minimum absolute atomic E-state index is 0.0473. The monoisotopic (exact) mass is 309 g/mol. The number of rotatable bonds is 6. The van der Waals surface area contributed by atoms with Gasteiger partial charge in [0.05, 0.1) is 4.90 Å². The van der Waals surface area contributed by atoms with Crippen LogP contribution in [0.4, 0.5) is 0 Å². The Morgan fingerprint density at radius 3 is 2.43 bits per heavy atom. The summed E-state index contributed by atoms with van der Waals surface area (Å²) in [6.07, 6.45) is 5.23. The van der Waals surface area contributed by atoms with Crippen molar-refractivity contribution in [2.24, 2.45) is 11.8 Å². The van der Waals surface area contributed by atoms with Crippen molar-refractivity contribution < 1.29 is 13.5 Å². The molecule has 2 atom stereocenters. The molecule has 0 heterocycles. The third-order valence-electron chi connectivity index (χ3n) is 3.59. The quantitative estimate of drug-likeness (QED) is 0.791. The standard InChI is InChI=1S/C16H23NO3S/c1-12(2)9-13-4-7-16(8-5-13)21(19,20)17-15-6-3-14(10-15)11-18/h3-8,12,14-15,17-18H,9-11H2,1-2H3/t14-,15+/m0/s1. The molecule has 0 amide bonds. The second-order valence-electron chi connectivity index (χ2n) is 6.03. The Hall–Kier alpha value is -1.17. The van der Waals surface area contributed by atoms with Crippen molar-refractivity contribution in [3.05, 3.63) is 42.0 Å². The molecule has 1 aromatic rings. The van der Waals surface area contributed by atoms with E-state index in [1.54, 1.807) is 12.1 Å². The van der Waals surface area contributed by atoms with Gasteiger partial charge in [0.1, 0.15) is 0 Å². The highest BCUT2D eigenvalue weighted by atomic mass is 32.2. The molecule has 2 rings (SSSR count). The average Bonchev–Trinajstić information content (AvgIpc) is 2.85. The third kappa shape index (κ3) is 4.40. The summed E-state index contributed by atoms with van der Waals surface area (Å²) >= 11 is 0. The van der Waals surface area contributed by atoms with Crippen LogP contribution in [0.2, 0.25) is 0 Å². The van der Waals surface area contributed by atoms with E-state index in [-0.39, 0.29) is 23.5 Å². The Morgan fingerprint density at radius 2 is 1.90 bits per heavy atom. The number of aliphatic hydroxyl groups excluding tert-OH is 1. The van der Waals surface area contributed by atoms with Crippen LogP contribution in [0.1, 0.15) is 25.8 Å². The number of nitrogens with one attached hydrogen (secondary N) is 1. The fraction of sp³-hybridized carbons (Fsp3) is 0.500. The van der Waals surface area contributed by atoms with Crippen molar-refractivity contribution in [2.45, 2.75) is 37.6 Å². The normalized spacial score (nSPS) is 22.1. The lowest BCUT2D eigenvalue weighted by molar-refractivity contribution is 0.248. The predicted octanol–water partition coefficient (Wildman–Crippen LogP) is 2.10. The molecule has 0 bridgehead atoms. The molecule has 2 N–H and O–H groups in total. The first kappa shape index (κ1) is 16.2. The molecule has 0 radical (unpaired) electrons. The van der Waals surface area contributed by atoms with Crippen molar-refractivity contribution in [1.82, 2.24) is 4.72 Å². The SMILES string of the molecule is CC(C)Cc1ccc(S(=O)(=O)N[C@@H]2C=C[C@H](CO)C2)cc1. The molecule has 0 saturated carbocycles. The zero-order chi connectivity index (χ0) is 15.5. The van der Waals surface area contributed by atoms with E-state index in [0.29, 0.717) is 12.3 Å². The summed E-state index contributed by atoms with van der Waals surface area (Å²) in [6.45, 7) is 4.32. The largest absolute Gasteiger partial charge is 0.396 e. The lowest BCUT2D eigenvalue weighted by Gasteiger charge is -2.13. The maximum Gasteiger partial charge on any atom is 0.241 e. The van der Waals surface area contributed by atoms with Crippen molar-refractivity contribution in [1.29, 1.82) is 0 Å². The lowest BCUT2D eigenvalue weighted by atomic mass is 10.0. The summed E-state index contributed by atoms with van der Waals surface area (Å²) < 4.78 is 27.3. The van der Waals surface area contributed by atoms with Gasteiger partial charge in [0, 0.05) is 18.6 Å². The number of sulfonamides is 1. The van der Waals surface area contributed by atoms with Gasteiger partial charge in [-0.25, -0.2) is 13.1 Å². The third-order valence-corrected chi connectivity index (χ3v) is 5.10. The van der Waals surface area contributed by atoms with Crippen LogP contribution in [-0.2, 0) is 16.4 Å². The lowest BCUT2D eigenvalue weighted by Crippen LogP contribution is -2.32. The molecule has 0 aliphatic heterocycles. The Labute approximate surface area is 126 Å². The highest BCUT2D eigenvalue weighted by Crippen LogP contribution is 2.20. The van der Waals surface area contributed by atoms with Crippen molar-refractivity contribution in [3.63, 3.8) is 0 Å². The Morgan fingerprint density at radius 1 is 1.24 bits per heavy atom. The summed E-state index contributed by atoms with van der Waals surface area (Å²) in [5.74, 6) is 0.593. The van der Waals surface area contributed by atoms with Crippen LogP contribution in [0.3, 0.4) is 0 Å². The molecule has 0 saturated heterocycles. The van der Waals surface area contributed by atoms with E-state index in [0.717, 1.165) is 12.0 Å². The average molecular weight is 309 g/mol. The zero-order valence-electron chi connectivity index (χ0n) is 12.5. The van der Waals surface area contributed by atoms with Gasteiger partial charge in [-0.15, -0.1) is 0 Å². The Balaban J connectivity index is 2.04. The molecule has 0 aromatic heterocycles. The molecule has 0 unspecified atom stereocenters. The van der Waals surface area contributed by atoms with Crippen molar-refractivity contribution in [3.8, 4) is 0 Å².